The molecule has 0 radical (unpaired) electrons. The van der Waals surface area contributed by atoms with Crippen LogP contribution >= 0.6 is 31.9 Å². The van der Waals surface area contributed by atoms with E-state index in [0.717, 1.165) is 10.0 Å². The lowest BCUT2D eigenvalue weighted by atomic mass is 10.1. The van der Waals surface area contributed by atoms with Crippen LogP contribution in [0.25, 0.3) is 6.08 Å². The van der Waals surface area contributed by atoms with Crippen molar-refractivity contribution in [3.05, 3.63) is 61.7 Å². The third-order valence-electron chi connectivity index (χ3n) is 4.22. The minimum absolute atomic E-state index is 0.157. The van der Waals surface area contributed by atoms with Gasteiger partial charge in [-0.2, -0.15) is 0 Å². The van der Waals surface area contributed by atoms with E-state index in [0.29, 0.717) is 27.1 Å². The Labute approximate surface area is 196 Å². The molecule has 162 valence electrons. The molecule has 0 atom stereocenters. The summed E-state index contributed by atoms with van der Waals surface area (Å²) < 4.78 is 22.6. The van der Waals surface area contributed by atoms with Gasteiger partial charge in [0.25, 0.3) is 0 Å². The van der Waals surface area contributed by atoms with Gasteiger partial charge in [-0.25, -0.2) is 14.6 Å². The third kappa shape index (κ3) is 5.54. The maximum atomic E-state index is 12.3. The largest absolute Gasteiger partial charge is 0.493 e. The van der Waals surface area contributed by atoms with Crippen LogP contribution in [0, 0.1) is 6.92 Å². The Morgan fingerprint density at radius 3 is 2.65 bits per heavy atom. The van der Waals surface area contributed by atoms with Gasteiger partial charge in [0.05, 0.1) is 18.2 Å². The molecule has 7 nitrogen and oxygen atoms in total. The molecule has 1 aliphatic heterocycles. The first-order valence-corrected chi connectivity index (χ1v) is 10.9. The van der Waals surface area contributed by atoms with Crippen molar-refractivity contribution >= 4 is 55.8 Å². The van der Waals surface area contributed by atoms with Gasteiger partial charge in [0, 0.05) is 10.0 Å². The van der Waals surface area contributed by atoms with E-state index in [2.05, 4.69) is 36.9 Å². The van der Waals surface area contributed by atoms with Crippen molar-refractivity contribution in [3.8, 4) is 11.5 Å². The fourth-order valence-electron chi connectivity index (χ4n) is 2.77. The maximum absolute atomic E-state index is 12.3. The number of cyclic esters (lactones) is 1. The molecule has 0 unspecified atom stereocenters. The number of aryl methyl sites for hydroxylation is 1. The van der Waals surface area contributed by atoms with Crippen molar-refractivity contribution < 1.29 is 28.5 Å². The maximum Gasteiger partial charge on any atom is 0.363 e. The van der Waals surface area contributed by atoms with Gasteiger partial charge in [0.1, 0.15) is 0 Å². The summed E-state index contributed by atoms with van der Waals surface area (Å²) in [5.41, 5.74) is 2.50. The number of aliphatic imine (C=N–C) groups is 1. The molecule has 0 saturated carbocycles. The topological polar surface area (TPSA) is 83.4 Å². The Morgan fingerprint density at radius 2 is 1.97 bits per heavy atom. The number of hydrogen-bond donors (Lipinski definition) is 0. The van der Waals surface area contributed by atoms with Gasteiger partial charge >= 0.3 is 11.9 Å². The second-order valence-corrected chi connectivity index (χ2v) is 8.14. The van der Waals surface area contributed by atoms with E-state index >= 15 is 0 Å². The summed E-state index contributed by atoms with van der Waals surface area (Å²) in [6.07, 6.45) is 1.59. The van der Waals surface area contributed by atoms with Crippen LogP contribution in [0.2, 0.25) is 0 Å². The zero-order valence-corrected chi connectivity index (χ0v) is 20.2. The summed E-state index contributed by atoms with van der Waals surface area (Å²) in [5, 5.41) is 0. The molecule has 3 rings (SSSR count). The normalized spacial score (nSPS) is 14.3. The van der Waals surface area contributed by atoms with E-state index < -0.39 is 11.9 Å². The van der Waals surface area contributed by atoms with E-state index in [1.165, 1.54) is 7.11 Å². The second kappa shape index (κ2) is 10.1. The van der Waals surface area contributed by atoms with Crippen LogP contribution in [0.1, 0.15) is 23.6 Å². The smallest absolute Gasteiger partial charge is 0.363 e. The Hall–Kier alpha value is -2.65. The molecule has 0 N–H and O–H groups in total. The first-order chi connectivity index (χ1) is 14.8. The molecule has 1 heterocycles. The Morgan fingerprint density at radius 1 is 1.19 bits per heavy atom. The van der Waals surface area contributed by atoms with Gasteiger partial charge in [-0.1, -0.05) is 15.9 Å². The summed E-state index contributed by atoms with van der Waals surface area (Å²) in [6, 6.07) is 8.97. The summed E-state index contributed by atoms with van der Waals surface area (Å²) in [5.74, 6) is -0.0622. The molecule has 2 aromatic carbocycles. The minimum Gasteiger partial charge on any atom is -0.493 e. The number of rotatable bonds is 7. The number of esters is 2. The number of ether oxygens (including phenoxy) is 4. The van der Waals surface area contributed by atoms with Gasteiger partial charge < -0.3 is 18.9 Å². The fourth-order valence-corrected chi connectivity index (χ4v) is 3.59. The highest BCUT2D eigenvalue weighted by Crippen LogP contribution is 2.37. The molecule has 0 amide bonds. The highest BCUT2D eigenvalue weighted by molar-refractivity contribution is 9.10. The predicted molar refractivity (Wildman–Crippen MR) is 122 cm³/mol. The zero-order valence-electron chi connectivity index (χ0n) is 17.0. The van der Waals surface area contributed by atoms with Crippen molar-refractivity contribution in [1.82, 2.24) is 0 Å². The molecule has 0 bridgehead atoms. The second-order valence-electron chi connectivity index (χ2n) is 6.43. The van der Waals surface area contributed by atoms with E-state index in [4.69, 9.17) is 18.9 Å². The highest BCUT2D eigenvalue weighted by Gasteiger charge is 2.25. The highest BCUT2D eigenvalue weighted by atomic mass is 79.9. The van der Waals surface area contributed by atoms with Crippen LogP contribution < -0.4 is 9.47 Å². The van der Waals surface area contributed by atoms with Gasteiger partial charge in [-0.15, -0.1) is 0 Å². The molecule has 0 fully saturated rings. The number of benzene rings is 2. The number of nitrogens with zero attached hydrogens (tertiary/aromatic N) is 1. The van der Waals surface area contributed by atoms with Crippen LogP contribution in [-0.2, 0) is 19.1 Å². The molecule has 0 spiro atoms. The fraction of sp³-hybridized carbons (Fsp3) is 0.227. The first-order valence-electron chi connectivity index (χ1n) is 9.27. The van der Waals surface area contributed by atoms with Gasteiger partial charge in [0.2, 0.25) is 5.90 Å². The van der Waals surface area contributed by atoms with Gasteiger partial charge in [-0.3, -0.25) is 0 Å². The molecule has 0 aromatic heterocycles. The number of carbonyl (C=O) groups excluding carboxylic acids is 2. The average Bonchev–Trinajstić information content (AvgIpc) is 3.09. The van der Waals surface area contributed by atoms with Gasteiger partial charge in [-0.05, 0) is 77.3 Å². The molecule has 0 aliphatic carbocycles. The standard InChI is InChI=1S/C22H19Br2NO6/c1-4-29-19(26)11-30-20-16(24)8-13(10-18(20)28-3)9-17-22(27)31-21(25-17)14-5-6-15(23)12(2)7-14/h5-10H,4,11H2,1-3H3. The number of carbonyl (C=O) groups is 2. The summed E-state index contributed by atoms with van der Waals surface area (Å²) >= 11 is 6.86. The van der Waals surface area contributed by atoms with Crippen LogP contribution in [0.3, 0.4) is 0 Å². The monoisotopic (exact) mass is 551 g/mol. The molecule has 1 aliphatic rings. The van der Waals surface area contributed by atoms with Crippen molar-refractivity contribution in [2.75, 3.05) is 20.3 Å². The quantitative estimate of drug-likeness (QED) is 0.362. The van der Waals surface area contributed by atoms with Gasteiger partial charge in [0.15, 0.2) is 23.8 Å². The molecule has 31 heavy (non-hydrogen) atoms. The number of halogens is 2. The Balaban J connectivity index is 1.87. The molecular weight excluding hydrogens is 534 g/mol. The van der Waals surface area contributed by atoms with Crippen molar-refractivity contribution in [1.29, 1.82) is 0 Å². The molecule has 0 saturated heterocycles. The zero-order chi connectivity index (χ0) is 22.5. The van der Waals surface area contributed by atoms with Crippen molar-refractivity contribution in [3.63, 3.8) is 0 Å². The van der Waals surface area contributed by atoms with Crippen LogP contribution in [0.5, 0.6) is 11.5 Å². The predicted octanol–water partition coefficient (Wildman–Crippen LogP) is 4.82. The lowest BCUT2D eigenvalue weighted by Gasteiger charge is -2.13. The summed E-state index contributed by atoms with van der Waals surface area (Å²) in [4.78, 5) is 28.2. The molecule has 2 aromatic rings. The first kappa shape index (κ1) is 23.0. The Kier molecular flexibility index (Phi) is 7.50. The van der Waals surface area contributed by atoms with E-state index in [1.807, 2.05) is 25.1 Å². The van der Waals surface area contributed by atoms with Crippen LogP contribution in [-0.4, -0.2) is 38.2 Å². The van der Waals surface area contributed by atoms with Crippen LogP contribution in [0.4, 0.5) is 0 Å². The number of hydrogen-bond acceptors (Lipinski definition) is 7. The molecule has 9 heteroatoms. The van der Waals surface area contributed by atoms with Crippen molar-refractivity contribution in [2.45, 2.75) is 13.8 Å². The van der Waals surface area contributed by atoms with Crippen LogP contribution in [0.15, 0.2) is 50.0 Å². The Bertz CT molecular complexity index is 1090. The minimum atomic E-state index is -0.548. The SMILES string of the molecule is CCOC(=O)COc1c(Br)cc(C=C2N=C(c3ccc(Br)c(C)c3)OC2=O)cc1OC. The van der Waals surface area contributed by atoms with Crippen molar-refractivity contribution in [2.24, 2.45) is 4.99 Å². The van der Waals surface area contributed by atoms with E-state index in [9.17, 15) is 9.59 Å². The lowest BCUT2D eigenvalue weighted by molar-refractivity contribution is -0.145. The van der Waals surface area contributed by atoms with E-state index in [-0.39, 0.29) is 24.8 Å². The molecular formula is C22H19Br2NO6. The summed E-state index contributed by atoms with van der Waals surface area (Å²) in [7, 11) is 1.48. The number of methoxy groups -OCH3 is 1. The lowest BCUT2D eigenvalue weighted by Crippen LogP contribution is -2.15. The van der Waals surface area contributed by atoms with E-state index in [1.54, 1.807) is 25.1 Å². The average molecular weight is 553 g/mol. The third-order valence-corrected chi connectivity index (χ3v) is 5.70. The summed E-state index contributed by atoms with van der Waals surface area (Å²) in [6.45, 7) is 3.68.